The van der Waals surface area contributed by atoms with Crippen LogP contribution in [-0.4, -0.2) is 0 Å². The predicted octanol–water partition coefficient (Wildman–Crippen LogP) is 3.40. The molecule has 0 N–H and O–H groups in total. The van der Waals surface area contributed by atoms with E-state index in [4.69, 9.17) is 10.5 Å². The molecule has 0 bridgehead atoms. The van der Waals surface area contributed by atoms with Crippen LogP contribution >= 0.6 is 0 Å². The summed E-state index contributed by atoms with van der Waals surface area (Å²) in [5, 5.41) is 17.1. The van der Waals surface area contributed by atoms with Crippen molar-refractivity contribution in [2.75, 3.05) is 0 Å². The monoisotopic (exact) mass is 178 g/mol. The van der Waals surface area contributed by atoms with Gasteiger partial charge in [0.15, 0.2) is 0 Å². The molecule has 0 atom stereocenters. The topological polar surface area (TPSA) is 47.6 Å². The van der Waals surface area contributed by atoms with Crippen molar-refractivity contribution in [2.24, 2.45) is 5.41 Å². The lowest BCUT2D eigenvalue weighted by atomic mass is 9.75. The zero-order valence-electron chi connectivity index (χ0n) is 8.64. The summed E-state index contributed by atoms with van der Waals surface area (Å²) in [6, 6.07) is 4.37. The smallest absolute Gasteiger partial charge is 0.0621 e. The van der Waals surface area contributed by atoms with E-state index in [1.807, 2.05) is 0 Å². The van der Waals surface area contributed by atoms with Gasteiger partial charge in [0.1, 0.15) is 0 Å². The minimum atomic E-state index is 0.242. The first-order chi connectivity index (χ1) is 6.24. The van der Waals surface area contributed by atoms with E-state index < -0.39 is 0 Å². The van der Waals surface area contributed by atoms with Crippen molar-refractivity contribution in [3.63, 3.8) is 0 Å². The molecule has 0 aliphatic carbocycles. The Labute approximate surface area is 81.2 Å². The summed E-state index contributed by atoms with van der Waals surface area (Å²) in [5.74, 6) is 0. The van der Waals surface area contributed by atoms with Gasteiger partial charge in [-0.15, -0.1) is 0 Å². The van der Waals surface area contributed by atoms with Crippen molar-refractivity contribution < 1.29 is 0 Å². The molecule has 0 saturated heterocycles. The maximum atomic E-state index is 8.53. The van der Waals surface area contributed by atoms with Crippen molar-refractivity contribution in [3.8, 4) is 12.1 Å². The number of nitrogens with zero attached hydrogens (tertiary/aromatic N) is 2. The second kappa shape index (κ2) is 6.49. The summed E-state index contributed by atoms with van der Waals surface area (Å²) in [6.45, 7) is 4.30. The van der Waals surface area contributed by atoms with E-state index in [1.165, 1.54) is 0 Å². The van der Waals surface area contributed by atoms with Crippen LogP contribution in [0.25, 0.3) is 0 Å². The fraction of sp³-hybridized carbons (Fsp3) is 0.818. The van der Waals surface area contributed by atoms with E-state index >= 15 is 0 Å². The summed E-state index contributed by atoms with van der Waals surface area (Å²) in [6.07, 6.45) is 5.27. The highest BCUT2D eigenvalue weighted by atomic mass is 14.3. The molecular formula is C11H18N2. The van der Waals surface area contributed by atoms with Crippen molar-refractivity contribution in [2.45, 2.75) is 52.4 Å². The molecule has 2 nitrogen and oxygen atoms in total. The third-order valence-electron chi connectivity index (χ3n) is 3.03. The molecule has 0 aromatic carbocycles. The molecular weight excluding hydrogens is 160 g/mol. The highest BCUT2D eigenvalue weighted by Crippen LogP contribution is 2.36. The Morgan fingerprint density at radius 3 is 1.54 bits per heavy atom. The zero-order valence-corrected chi connectivity index (χ0v) is 8.64. The van der Waals surface area contributed by atoms with Crippen LogP contribution in [0.4, 0.5) is 0 Å². The van der Waals surface area contributed by atoms with Gasteiger partial charge < -0.3 is 0 Å². The maximum absolute atomic E-state index is 8.53. The third kappa shape index (κ3) is 3.95. The third-order valence-corrected chi connectivity index (χ3v) is 3.03. The molecule has 0 heterocycles. The number of nitriles is 2. The lowest BCUT2D eigenvalue weighted by Gasteiger charge is -2.30. The Hall–Kier alpha value is -1.02. The van der Waals surface area contributed by atoms with E-state index in [2.05, 4.69) is 26.0 Å². The van der Waals surface area contributed by atoms with E-state index in [9.17, 15) is 0 Å². The molecule has 0 aromatic rings. The number of rotatable bonds is 6. The molecule has 0 aliphatic rings. The molecule has 13 heavy (non-hydrogen) atoms. The molecule has 0 aliphatic heterocycles. The first-order valence-corrected chi connectivity index (χ1v) is 4.98. The van der Waals surface area contributed by atoms with E-state index in [0.717, 1.165) is 25.7 Å². The molecule has 2 heteroatoms. The quantitative estimate of drug-likeness (QED) is 0.625. The van der Waals surface area contributed by atoms with Crippen LogP contribution in [0.3, 0.4) is 0 Å². The van der Waals surface area contributed by atoms with Gasteiger partial charge in [-0.05, 0) is 18.3 Å². The largest absolute Gasteiger partial charge is 0.198 e. The van der Waals surface area contributed by atoms with Crippen LogP contribution in [0, 0.1) is 28.1 Å². The van der Waals surface area contributed by atoms with Crippen LogP contribution in [0.5, 0.6) is 0 Å². The van der Waals surface area contributed by atoms with Gasteiger partial charge in [0, 0.05) is 12.8 Å². The molecule has 72 valence electrons. The second-order valence-electron chi connectivity index (χ2n) is 3.52. The number of hydrogen-bond acceptors (Lipinski definition) is 2. The van der Waals surface area contributed by atoms with Crippen molar-refractivity contribution in [1.29, 1.82) is 10.5 Å². The Bertz CT molecular complexity index is 183. The van der Waals surface area contributed by atoms with Gasteiger partial charge in [-0.1, -0.05) is 26.7 Å². The highest BCUT2D eigenvalue weighted by Gasteiger charge is 2.24. The van der Waals surface area contributed by atoms with Crippen LogP contribution < -0.4 is 0 Å². The van der Waals surface area contributed by atoms with E-state index in [-0.39, 0.29) is 5.41 Å². The fourth-order valence-electron chi connectivity index (χ4n) is 1.72. The highest BCUT2D eigenvalue weighted by molar-refractivity contribution is 4.85. The van der Waals surface area contributed by atoms with Gasteiger partial charge in [0.25, 0.3) is 0 Å². The van der Waals surface area contributed by atoms with Gasteiger partial charge in [0.2, 0.25) is 0 Å². The maximum Gasteiger partial charge on any atom is 0.0621 e. The SMILES string of the molecule is CCC(CC)(CCC#N)CCC#N. The minimum Gasteiger partial charge on any atom is -0.198 e. The standard InChI is InChI=1S/C11H18N2/c1-3-11(4-2,7-5-9-12)8-6-10-13/h3-8H2,1-2H3. The average Bonchev–Trinajstić information content (AvgIpc) is 2.20. The van der Waals surface area contributed by atoms with Crippen LogP contribution in [0.1, 0.15) is 52.4 Å². The molecule has 0 spiro atoms. The van der Waals surface area contributed by atoms with Crippen molar-refractivity contribution >= 4 is 0 Å². The summed E-state index contributed by atoms with van der Waals surface area (Å²) in [4.78, 5) is 0. The average molecular weight is 178 g/mol. The number of hydrogen-bond donors (Lipinski definition) is 0. The van der Waals surface area contributed by atoms with Gasteiger partial charge in [-0.2, -0.15) is 10.5 Å². The first kappa shape index (κ1) is 12.0. The summed E-state index contributed by atoms with van der Waals surface area (Å²) in [7, 11) is 0. The second-order valence-corrected chi connectivity index (χ2v) is 3.52. The van der Waals surface area contributed by atoms with Gasteiger partial charge in [-0.25, -0.2) is 0 Å². The fourth-order valence-corrected chi connectivity index (χ4v) is 1.72. The molecule has 0 unspecified atom stereocenters. The van der Waals surface area contributed by atoms with Crippen molar-refractivity contribution in [1.82, 2.24) is 0 Å². The van der Waals surface area contributed by atoms with Crippen LogP contribution in [0.15, 0.2) is 0 Å². The Balaban J connectivity index is 4.16. The normalized spacial score (nSPS) is 10.5. The lowest BCUT2D eigenvalue weighted by molar-refractivity contribution is 0.224. The van der Waals surface area contributed by atoms with Gasteiger partial charge in [0.05, 0.1) is 12.1 Å². The summed E-state index contributed by atoms with van der Waals surface area (Å²) in [5.41, 5.74) is 0.242. The Kier molecular flexibility index (Phi) is 5.98. The molecule has 0 saturated carbocycles. The van der Waals surface area contributed by atoms with Gasteiger partial charge >= 0.3 is 0 Å². The predicted molar refractivity (Wildman–Crippen MR) is 52.7 cm³/mol. The summed E-state index contributed by atoms with van der Waals surface area (Å²) >= 11 is 0. The molecule has 0 aromatic heterocycles. The van der Waals surface area contributed by atoms with E-state index in [0.29, 0.717) is 12.8 Å². The minimum absolute atomic E-state index is 0.242. The molecule has 0 rings (SSSR count). The Morgan fingerprint density at radius 2 is 1.31 bits per heavy atom. The van der Waals surface area contributed by atoms with Crippen molar-refractivity contribution in [3.05, 3.63) is 0 Å². The van der Waals surface area contributed by atoms with Crippen LogP contribution in [-0.2, 0) is 0 Å². The molecule has 0 amide bonds. The molecule has 0 radical (unpaired) electrons. The lowest BCUT2D eigenvalue weighted by Crippen LogP contribution is -2.18. The van der Waals surface area contributed by atoms with E-state index in [1.54, 1.807) is 0 Å². The van der Waals surface area contributed by atoms with Crippen LogP contribution in [0.2, 0.25) is 0 Å². The summed E-state index contributed by atoms with van der Waals surface area (Å²) < 4.78 is 0. The molecule has 0 fully saturated rings. The Morgan fingerprint density at radius 1 is 0.923 bits per heavy atom. The van der Waals surface area contributed by atoms with Gasteiger partial charge in [-0.3, -0.25) is 0 Å². The first-order valence-electron chi connectivity index (χ1n) is 4.98. The zero-order chi connectivity index (χ0) is 10.2.